The Hall–Kier alpha value is -0.300. The summed E-state index contributed by atoms with van der Waals surface area (Å²) in [4.78, 5) is 0. The van der Waals surface area contributed by atoms with Crippen molar-refractivity contribution in [1.82, 2.24) is 5.32 Å². The third-order valence-electron chi connectivity index (χ3n) is 1.19. The molecule has 1 nitrogen and oxygen atoms in total. The summed E-state index contributed by atoms with van der Waals surface area (Å²) in [5, 5.41) is 3.32. The molecule has 0 fully saturated rings. The Morgan fingerprint density at radius 2 is 2.22 bits per heavy atom. The number of hydrogen-bond donors (Lipinski definition) is 1. The molecule has 0 amide bonds. The highest BCUT2D eigenvalue weighted by atomic mass is 14.8. The van der Waals surface area contributed by atoms with Crippen molar-refractivity contribution in [3.05, 3.63) is 12.7 Å². The molecule has 0 saturated heterocycles. The van der Waals surface area contributed by atoms with Gasteiger partial charge in [0.15, 0.2) is 0 Å². The first kappa shape index (κ1) is 8.70. The summed E-state index contributed by atoms with van der Waals surface area (Å²) in [6.07, 6.45) is 5.56. The van der Waals surface area contributed by atoms with Gasteiger partial charge >= 0.3 is 0 Å². The van der Waals surface area contributed by atoms with Crippen molar-refractivity contribution in [2.24, 2.45) is 0 Å². The standard InChI is InChI=1S/C8H17N/c1-3-5-6-8-9-7-4-2/h3,9H,1,4-8H2,2H3. The highest BCUT2D eigenvalue weighted by molar-refractivity contribution is 4.66. The van der Waals surface area contributed by atoms with E-state index in [0.717, 1.165) is 19.5 Å². The Morgan fingerprint density at radius 3 is 2.78 bits per heavy atom. The molecule has 54 valence electrons. The summed E-state index contributed by atoms with van der Waals surface area (Å²) >= 11 is 0. The van der Waals surface area contributed by atoms with Crippen LogP contribution in [0, 0.1) is 0 Å². The molecule has 0 unspecified atom stereocenters. The SMILES string of the molecule is C=CCCCNCCC. The molecule has 1 N–H and O–H groups in total. The zero-order chi connectivity index (χ0) is 6.95. The third-order valence-corrected chi connectivity index (χ3v) is 1.19. The molecule has 0 rings (SSSR count). The molecule has 0 aliphatic heterocycles. The average Bonchev–Trinajstić information content (AvgIpc) is 1.89. The first-order valence-electron chi connectivity index (χ1n) is 3.73. The second-order valence-corrected chi connectivity index (χ2v) is 2.18. The smallest absolute Gasteiger partial charge is 0.00460 e. The quantitative estimate of drug-likeness (QED) is 0.425. The van der Waals surface area contributed by atoms with Crippen molar-refractivity contribution >= 4 is 0 Å². The molecular formula is C8H17N. The largest absolute Gasteiger partial charge is 0.317 e. The lowest BCUT2D eigenvalue weighted by Crippen LogP contribution is -2.15. The van der Waals surface area contributed by atoms with E-state index >= 15 is 0 Å². The molecule has 0 aliphatic carbocycles. The van der Waals surface area contributed by atoms with Crippen LogP contribution in [-0.2, 0) is 0 Å². The number of nitrogens with one attached hydrogen (secondary N) is 1. The number of hydrogen-bond acceptors (Lipinski definition) is 1. The van der Waals surface area contributed by atoms with Crippen LogP contribution in [0.4, 0.5) is 0 Å². The fourth-order valence-corrected chi connectivity index (χ4v) is 0.673. The van der Waals surface area contributed by atoms with E-state index in [-0.39, 0.29) is 0 Å². The Bertz CT molecular complexity index is 59.6. The lowest BCUT2D eigenvalue weighted by molar-refractivity contribution is 0.645. The first-order valence-corrected chi connectivity index (χ1v) is 3.73. The van der Waals surface area contributed by atoms with Crippen molar-refractivity contribution in [3.63, 3.8) is 0 Å². The fraction of sp³-hybridized carbons (Fsp3) is 0.750. The zero-order valence-corrected chi connectivity index (χ0v) is 6.32. The molecule has 1 heteroatoms. The van der Waals surface area contributed by atoms with Gasteiger partial charge < -0.3 is 5.32 Å². The van der Waals surface area contributed by atoms with Gasteiger partial charge in [0.05, 0.1) is 0 Å². The highest BCUT2D eigenvalue weighted by Crippen LogP contribution is 1.85. The van der Waals surface area contributed by atoms with Crippen molar-refractivity contribution in [2.75, 3.05) is 13.1 Å². The van der Waals surface area contributed by atoms with Gasteiger partial charge in [0.2, 0.25) is 0 Å². The van der Waals surface area contributed by atoms with Gasteiger partial charge in [0, 0.05) is 0 Å². The van der Waals surface area contributed by atoms with Gasteiger partial charge in [-0.05, 0) is 32.4 Å². The van der Waals surface area contributed by atoms with Crippen molar-refractivity contribution in [2.45, 2.75) is 26.2 Å². The Morgan fingerprint density at radius 1 is 1.44 bits per heavy atom. The highest BCUT2D eigenvalue weighted by Gasteiger charge is 1.81. The van der Waals surface area contributed by atoms with E-state index in [0.29, 0.717) is 0 Å². The molecule has 0 spiro atoms. The van der Waals surface area contributed by atoms with Crippen molar-refractivity contribution in [1.29, 1.82) is 0 Å². The van der Waals surface area contributed by atoms with Gasteiger partial charge in [-0.25, -0.2) is 0 Å². The molecule has 0 saturated carbocycles. The lowest BCUT2D eigenvalue weighted by Gasteiger charge is -1.98. The van der Waals surface area contributed by atoms with Crippen LogP contribution in [0.2, 0.25) is 0 Å². The van der Waals surface area contributed by atoms with Crippen LogP contribution in [0.3, 0.4) is 0 Å². The summed E-state index contributed by atoms with van der Waals surface area (Å²) in [5.41, 5.74) is 0. The Labute approximate surface area is 58.2 Å². The van der Waals surface area contributed by atoms with Crippen LogP contribution in [0.5, 0.6) is 0 Å². The minimum atomic E-state index is 1.14. The van der Waals surface area contributed by atoms with Crippen molar-refractivity contribution < 1.29 is 0 Å². The summed E-state index contributed by atoms with van der Waals surface area (Å²) in [6.45, 7) is 8.12. The molecule has 0 atom stereocenters. The average molecular weight is 127 g/mol. The molecular weight excluding hydrogens is 110 g/mol. The molecule has 0 aromatic carbocycles. The maximum absolute atomic E-state index is 3.65. The van der Waals surface area contributed by atoms with E-state index in [4.69, 9.17) is 0 Å². The third kappa shape index (κ3) is 7.70. The van der Waals surface area contributed by atoms with Crippen LogP contribution < -0.4 is 5.32 Å². The zero-order valence-electron chi connectivity index (χ0n) is 6.32. The van der Waals surface area contributed by atoms with Crippen LogP contribution >= 0.6 is 0 Å². The van der Waals surface area contributed by atoms with E-state index in [1.165, 1.54) is 12.8 Å². The topological polar surface area (TPSA) is 12.0 Å². The van der Waals surface area contributed by atoms with Gasteiger partial charge in [0.25, 0.3) is 0 Å². The Balaban J connectivity index is 2.66. The van der Waals surface area contributed by atoms with Crippen molar-refractivity contribution in [3.8, 4) is 0 Å². The monoisotopic (exact) mass is 127 g/mol. The lowest BCUT2D eigenvalue weighted by atomic mass is 10.3. The van der Waals surface area contributed by atoms with Gasteiger partial charge in [0.1, 0.15) is 0 Å². The van der Waals surface area contributed by atoms with Crippen LogP contribution in [-0.4, -0.2) is 13.1 Å². The van der Waals surface area contributed by atoms with Crippen LogP contribution in [0.1, 0.15) is 26.2 Å². The minimum absolute atomic E-state index is 1.14. The summed E-state index contributed by atoms with van der Waals surface area (Å²) in [5.74, 6) is 0. The molecule has 0 radical (unpaired) electrons. The summed E-state index contributed by atoms with van der Waals surface area (Å²) in [6, 6.07) is 0. The predicted molar refractivity (Wildman–Crippen MR) is 42.6 cm³/mol. The second kappa shape index (κ2) is 7.70. The van der Waals surface area contributed by atoms with E-state index in [9.17, 15) is 0 Å². The molecule has 0 aromatic rings. The number of allylic oxidation sites excluding steroid dienone is 1. The van der Waals surface area contributed by atoms with Gasteiger partial charge in [-0.2, -0.15) is 0 Å². The molecule has 0 heterocycles. The summed E-state index contributed by atoms with van der Waals surface area (Å²) in [7, 11) is 0. The fourth-order valence-electron chi connectivity index (χ4n) is 0.673. The second-order valence-electron chi connectivity index (χ2n) is 2.18. The summed E-state index contributed by atoms with van der Waals surface area (Å²) < 4.78 is 0. The maximum Gasteiger partial charge on any atom is -0.00460 e. The predicted octanol–water partition coefficient (Wildman–Crippen LogP) is 1.95. The molecule has 0 aromatic heterocycles. The molecule has 0 bridgehead atoms. The van der Waals surface area contributed by atoms with Gasteiger partial charge in [-0.3, -0.25) is 0 Å². The van der Waals surface area contributed by atoms with E-state index in [1.807, 2.05) is 6.08 Å². The van der Waals surface area contributed by atoms with Crippen LogP contribution in [0.15, 0.2) is 12.7 Å². The Kier molecular flexibility index (Phi) is 7.44. The first-order chi connectivity index (χ1) is 4.41. The van der Waals surface area contributed by atoms with Gasteiger partial charge in [-0.1, -0.05) is 13.0 Å². The van der Waals surface area contributed by atoms with Gasteiger partial charge in [-0.15, -0.1) is 6.58 Å². The normalized spacial score (nSPS) is 9.44. The van der Waals surface area contributed by atoms with E-state index < -0.39 is 0 Å². The molecule has 0 aliphatic rings. The van der Waals surface area contributed by atoms with Crippen LogP contribution in [0.25, 0.3) is 0 Å². The number of rotatable bonds is 6. The molecule has 9 heavy (non-hydrogen) atoms. The van der Waals surface area contributed by atoms with E-state index in [1.54, 1.807) is 0 Å². The number of unbranched alkanes of at least 4 members (excludes halogenated alkanes) is 1. The van der Waals surface area contributed by atoms with E-state index in [2.05, 4.69) is 18.8 Å². The maximum atomic E-state index is 3.65. The minimum Gasteiger partial charge on any atom is -0.317 e.